The van der Waals surface area contributed by atoms with Gasteiger partial charge in [0.05, 0.1) is 17.5 Å². The van der Waals surface area contributed by atoms with Crippen molar-refractivity contribution in [1.82, 2.24) is 5.32 Å². The van der Waals surface area contributed by atoms with E-state index in [2.05, 4.69) is 12.2 Å². The molecule has 0 aromatic heterocycles. The number of hydrogen-bond acceptors (Lipinski definition) is 3. The van der Waals surface area contributed by atoms with Gasteiger partial charge in [-0.05, 0) is 56.1 Å². The van der Waals surface area contributed by atoms with E-state index in [9.17, 15) is 13.2 Å². The average molecular weight is 350 g/mol. The molecular weight excluding hydrogens is 324 g/mol. The van der Waals surface area contributed by atoms with Gasteiger partial charge in [0.15, 0.2) is 0 Å². The van der Waals surface area contributed by atoms with E-state index in [1.807, 2.05) is 0 Å². The van der Waals surface area contributed by atoms with E-state index < -0.39 is 10.0 Å². The Bertz CT molecular complexity index is 732. The van der Waals surface area contributed by atoms with Crippen LogP contribution in [0.1, 0.15) is 43.0 Å². The normalized spacial score (nSPS) is 27.0. The van der Waals surface area contributed by atoms with Gasteiger partial charge in [-0.3, -0.25) is 9.10 Å². The zero-order valence-electron chi connectivity index (χ0n) is 14.5. The van der Waals surface area contributed by atoms with Crippen molar-refractivity contribution in [2.75, 3.05) is 17.6 Å². The molecule has 0 aliphatic heterocycles. The molecule has 0 saturated heterocycles. The third-order valence-electron chi connectivity index (χ3n) is 5.78. The van der Waals surface area contributed by atoms with Crippen LogP contribution in [0.25, 0.3) is 0 Å². The molecule has 0 unspecified atom stereocenters. The van der Waals surface area contributed by atoms with Crippen LogP contribution in [-0.2, 0) is 10.0 Å². The van der Waals surface area contributed by atoms with E-state index in [1.54, 1.807) is 24.3 Å². The summed E-state index contributed by atoms with van der Waals surface area (Å²) in [5.41, 5.74) is 0.818. The Morgan fingerprint density at radius 2 is 1.96 bits per heavy atom. The predicted octanol–water partition coefficient (Wildman–Crippen LogP) is 2.64. The van der Waals surface area contributed by atoms with E-state index in [1.165, 1.54) is 32.7 Å². The largest absolute Gasteiger partial charge is 0.349 e. The number of hydrogen-bond donors (Lipinski definition) is 1. The minimum Gasteiger partial charge on any atom is -0.349 e. The van der Waals surface area contributed by atoms with Gasteiger partial charge in [0.1, 0.15) is 0 Å². The summed E-state index contributed by atoms with van der Waals surface area (Å²) in [6.07, 6.45) is 6.27. The third-order valence-corrected chi connectivity index (χ3v) is 6.97. The molecule has 0 heterocycles. The zero-order valence-corrected chi connectivity index (χ0v) is 15.3. The molecule has 2 aliphatic rings. The minimum absolute atomic E-state index is 0.115. The highest BCUT2D eigenvalue weighted by Crippen LogP contribution is 2.49. The quantitative estimate of drug-likeness (QED) is 0.888. The number of carbonyl (C=O) groups excluding carboxylic acids is 1. The van der Waals surface area contributed by atoms with Crippen LogP contribution >= 0.6 is 0 Å². The Labute approximate surface area is 144 Å². The number of anilines is 1. The van der Waals surface area contributed by atoms with Crippen LogP contribution in [0.5, 0.6) is 0 Å². The van der Waals surface area contributed by atoms with Crippen LogP contribution in [0.3, 0.4) is 0 Å². The summed E-state index contributed by atoms with van der Waals surface area (Å²) in [5, 5.41) is 3.11. The van der Waals surface area contributed by atoms with Gasteiger partial charge in [0, 0.05) is 13.1 Å². The minimum atomic E-state index is -3.41. The first-order valence-electron chi connectivity index (χ1n) is 8.61. The summed E-state index contributed by atoms with van der Waals surface area (Å²) in [4.78, 5) is 12.7. The SMILES string of the molecule is C[C@H](NC(=O)c1ccccc1N(C)S(C)(=O)=O)[C@H]1C[C@H]2CC[C@H]1C2. The highest BCUT2D eigenvalue weighted by molar-refractivity contribution is 7.92. The second-order valence-electron chi connectivity index (χ2n) is 7.35. The highest BCUT2D eigenvalue weighted by Gasteiger charge is 2.42. The van der Waals surface area contributed by atoms with Gasteiger partial charge in [0.2, 0.25) is 10.0 Å². The molecule has 2 saturated carbocycles. The molecule has 3 rings (SSSR count). The number of nitrogens with zero attached hydrogens (tertiary/aromatic N) is 1. The second kappa shape index (κ2) is 6.39. The molecule has 0 spiro atoms. The zero-order chi connectivity index (χ0) is 17.5. The van der Waals surface area contributed by atoms with Gasteiger partial charge in [0.25, 0.3) is 5.91 Å². The summed E-state index contributed by atoms with van der Waals surface area (Å²) in [6, 6.07) is 6.96. The number of amides is 1. The lowest BCUT2D eigenvalue weighted by molar-refractivity contribution is 0.0916. The maximum absolute atomic E-state index is 12.7. The Morgan fingerprint density at radius 3 is 2.54 bits per heavy atom. The molecular formula is C18H26N2O3S. The van der Waals surface area contributed by atoms with Gasteiger partial charge in [-0.1, -0.05) is 18.6 Å². The molecule has 6 heteroatoms. The number of para-hydroxylation sites is 1. The van der Waals surface area contributed by atoms with E-state index >= 15 is 0 Å². The van der Waals surface area contributed by atoms with Crippen LogP contribution in [0.15, 0.2) is 24.3 Å². The highest BCUT2D eigenvalue weighted by atomic mass is 32.2. The van der Waals surface area contributed by atoms with Crippen LogP contribution in [-0.4, -0.2) is 33.7 Å². The fourth-order valence-electron chi connectivity index (χ4n) is 4.42. The maximum atomic E-state index is 12.7. The van der Waals surface area contributed by atoms with Gasteiger partial charge in [-0.25, -0.2) is 8.42 Å². The average Bonchev–Trinajstić information content (AvgIpc) is 3.16. The molecule has 1 amide bonds. The van der Waals surface area contributed by atoms with Crippen molar-refractivity contribution in [2.24, 2.45) is 17.8 Å². The first-order valence-corrected chi connectivity index (χ1v) is 10.5. The summed E-state index contributed by atoms with van der Waals surface area (Å²) < 4.78 is 24.8. The summed E-state index contributed by atoms with van der Waals surface area (Å²) >= 11 is 0. The standard InChI is InChI=1S/C18H26N2O3S/c1-12(16-11-13-8-9-14(16)10-13)19-18(21)15-6-4-5-7-17(15)20(2)24(3,22)23/h4-7,12-14,16H,8-11H2,1-3H3,(H,19,21)/t12-,13-,14-,16+/m0/s1. The number of carbonyl (C=O) groups is 1. The number of rotatable bonds is 5. The van der Waals surface area contributed by atoms with Gasteiger partial charge in [-0.2, -0.15) is 0 Å². The molecule has 2 aliphatic carbocycles. The molecule has 0 radical (unpaired) electrons. The number of nitrogens with one attached hydrogen (secondary N) is 1. The summed E-state index contributed by atoms with van der Waals surface area (Å²) in [7, 11) is -1.94. The monoisotopic (exact) mass is 350 g/mol. The summed E-state index contributed by atoms with van der Waals surface area (Å²) in [5.74, 6) is 1.92. The van der Waals surface area contributed by atoms with Gasteiger partial charge >= 0.3 is 0 Å². The van der Waals surface area contributed by atoms with Gasteiger partial charge in [-0.15, -0.1) is 0 Å². The lowest BCUT2D eigenvalue weighted by Crippen LogP contribution is -2.40. The first kappa shape index (κ1) is 17.3. The maximum Gasteiger partial charge on any atom is 0.253 e. The topological polar surface area (TPSA) is 66.5 Å². The Hall–Kier alpha value is -1.56. The van der Waals surface area contributed by atoms with E-state index in [0.29, 0.717) is 17.2 Å². The van der Waals surface area contributed by atoms with Crippen molar-refractivity contribution < 1.29 is 13.2 Å². The lowest BCUT2D eigenvalue weighted by atomic mass is 9.84. The third kappa shape index (κ3) is 3.29. The molecule has 2 fully saturated rings. The fourth-order valence-corrected chi connectivity index (χ4v) is 4.93. The number of fused-ring (bicyclic) bond motifs is 2. The first-order chi connectivity index (χ1) is 11.3. The van der Waals surface area contributed by atoms with E-state index in [-0.39, 0.29) is 11.9 Å². The van der Waals surface area contributed by atoms with E-state index in [4.69, 9.17) is 0 Å². The van der Waals surface area contributed by atoms with Crippen LogP contribution < -0.4 is 9.62 Å². The summed E-state index contributed by atoms with van der Waals surface area (Å²) in [6.45, 7) is 2.08. The Kier molecular flexibility index (Phi) is 4.60. The van der Waals surface area contributed by atoms with Crippen LogP contribution in [0.2, 0.25) is 0 Å². The van der Waals surface area contributed by atoms with E-state index in [0.717, 1.165) is 22.4 Å². The fraction of sp³-hybridized carbons (Fsp3) is 0.611. The number of benzene rings is 1. The molecule has 1 aromatic rings. The molecule has 24 heavy (non-hydrogen) atoms. The van der Waals surface area contributed by atoms with Crippen molar-refractivity contribution in [3.8, 4) is 0 Å². The Balaban J connectivity index is 1.76. The molecule has 2 bridgehead atoms. The number of sulfonamides is 1. The van der Waals surface area contributed by atoms with Crippen molar-refractivity contribution in [3.63, 3.8) is 0 Å². The smallest absolute Gasteiger partial charge is 0.253 e. The van der Waals surface area contributed by atoms with Crippen LogP contribution in [0, 0.1) is 17.8 Å². The van der Waals surface area contributed by atoms with Crippen molar-refractivity contribution >= 4 is 21.6 Å². The second-order valence-corrected chi connectivity index (χ2v) is 9.36. The molecule has 132 valence electrons. The molecule has 4 atom stereocenters. The van der Waals surface area contributed by atoms with Crippen molar-refractivity contribution in [1.29, 1.82) is 0 Å². The molecule has 5 nitrogen and oxygen atoms in total. The van der Waals surface area contributed by atoms with Crippen LogP contribution in [0.4, 0.5) is 5.69 Å². The predicted molar refractivity (Wildman–Crippen MR) is 95.6 cm³/mol. The van der Waals surface area contributed by atoms with Crippen molar-refractivity contribution in [3.05, 3.63) is 29.8 Å². The van der Waals surface area contributed by atoms with Crippen molar-refractivity contribution in [2.45, 2.75) is 38.6 Å². The van der Waals surface area contributed by atoms with Gasteiger partial charge < -0.3 is 5.32 Å². The lowest BCUT2D eigenvalue weighted by Gasteiger charge is -2.29. The Morgan fingerprint density at radius 1 is 1.25 bits per heavy atom. The molecule has 1 N–H and O–H groups in total. The molecule has 1 aromatic carbocycles.